The quantitative estimate of drug-likeness (QED) is 0.571. The molecule has 0 spiro atoms. The molecule has 2 heterocycles. The molecule has 1 fully saturated rings. The van der Waals surface area contributed by atoms with Gasteiger partial charge in [0, 0.05) is 40.3 Å². The number of rotatable bonds is 1. The number of benzene rings is 1. The molecule has 3 rings (SSSR count). The Morgan fingerprint density at radius 3 is 1.91 bits per heavy atom. The van der Waals surface area contributed by atoms with Gasteiger partial charge in [0.2, 0.25) is 0 Å². The minimum absolute atomic E-state index is 0.524. The maximum absolute atomic E-state index is 12.0. The first-order chi connectivity index (χ1) is 10.4. The largest absolute Gasteiger partial charge is 0.397 e. The highest BCUT2D eigenvalue weighted by Gasteiger charge is 2.18. The second-order valence-corrected chi connectivity index (χ2v) is 5.92. The molecule has 1 aliphatic heterocycles. The van der Waals surface area contributed by atoms with Crippen LogP contribution in [-0.4, -0.2) is 47.3 Å². The van der Waals surface area contributed by atoms with E-state index >= 15 is 0 Å². The summed E-state index contributed by atoms with van der Waals surface area (Å²) in [6.45, 7) is 3.74. The molecule has 1 aromatic carbocycles. The summed E-state index contributed by atoms with van der Waals surface area (Å²) in [7, 11) is 5.32. The van der Waals surface area contributed by atoms with Gasteiger partial charge in [-0.15, -0.1) is 0 Å². The van der Waals surface area contributed by atoms with E-state index in [1.807, 2.05) is 6.07 Å². The van der Waals surface area contributed by atoms with Gasteiger partial charge >= 0.3 is 11.1 Å². The average Bonchev–Trinajstić information content (AvgIpc) is 2.51. The summed E-state index contributed by atoms with van der Waals surface area (Å²) in [5, 5.41) is 0. The Kier molecular flexibility index (Phi) is 3.44. The van der Waals surface area contributed by atoms with E-state index < -0.39 is 11.1 Å². The van der Waals surface area contributed by atoms with Crippen molar-refractivity contribution in [3.63, 3.8) is 0 Å². The molecule has 0 radical (unpaired) electrons. The van der Waals surface area contributed by atoms with Crippen molar-refractivity contribution in [2.75, 3.05) is 43.9 Å². The van der Waals surface area contributed by atoms with Crippen LogP contribution in [0.5, 0.6) is 0 Å². The van der Waals surface area contributed by atoms with Crippen LogP contribution in [0.15, 0.2) is 21.7 Å². The van der Waals surface area contributed by atoms with Crippen molar-refractivity contribution in [1.29, 1.82) is 0 Å². The lowest BCUT2D eigenvalue weighted by Crippen LogP contribution is -2.45. The molecule has 1 saturated heterocycles. The fourth-order valence-corrected chi connectivity index (χ4v) is 2.95. The second-order valence-electron chi connectivity index (χ2n) is 5.92. The topological polar surface area (TPSA) is 76.5 Å². The first-order valence-electron chi connectivity index (χ1n) is 7.33. The van der Waals surface area contributed by atoms with E-state index in [0.29, 0.717) is 11.2 Å². The normalized spacial score (nSPS) is 16.4. The number of hydrogen-bond acceptors (Lipinski definition) is 5. The molecule has 0 atom stereocenters. The molecule has 0 saturated carbocycles. The summed E-state index contributed by atoms with van der Waals surface area (Å²) in [5.41, 5.74) is 8.08. The van der Waals surface area contributed by atoms with Crippen LogP contribution in [0.4, 0.5) is 11.4 Å². The molecule has 0 amide bonds. The number of likely N-dealkylation sites (N-methyl/N-ethyl adjacent to an activating group) is 1. The van der Waals surface area contributed by atoms with Gasteiger partial charge in [-0.25, -0.2) is 0 Å². The summed E-state index contributed by atoms with van der Waals surface area (Å²) in [4.78, 5) is 28.4. The van der Waals surface area contributed by atoms with E-state index in [0.717, 1.165) is 37.4 Å². The van der Waals surface area contributed by atoms with Crippen LogP contribution in [0.2, 0.25) is 0 Å². The highest BCUT2D eigenvalue weighted by molar-refractivity contribution is 5.87. The summed E-state index contributed by atoms with van der Waals surface area (Å²) < 4.78 is 2.76. The van der Waals surface area contributed by atoms with Gasteiger partial charge in [-0.3, -0.25) is 9.59 Å². The van der Waals surface area contributed by atoms with Gasteiger partial charge in [0.25, 0.3) is 0 Å². The molecule has 0 aliphatic carbocycles. The van der Waals surface area contributed by atoms with Crippen molar-refractivity contribution in [3.8, 4) is 0 Å². The lowest BCUT2D eigenvalue weighted by atomic mass is 10.2. The number of anilines is 2. The van der Waals surface area contributed by atoms with Crippen molar-refractivity contribution in [1.82, 2.24) is 14.0 Å². The Bertz CT molecular complexity index is 844. The van der Waals surface area contributed by atoms with E-state index in [9.17, 15) is 9.59 Å². The summed E-state index contributed by atoms with van der Waals surface area (Å²) in [6, 6.07) is 3.70. The molecule has 7 nitrogen and oxygen atoms in total. The number of piperazine rings is 1. The lowest BCUT2D eigenvalue weighted by Gasteiger charge is -2.34. The van der Waals surface area contributed by atoms with Crippen molar-refractivity contribution in [3.05, 3.63) is 32.8 Å². The summed E-state index contributed by atoms with van der Waals surface area (Å²) in [5.74, 6) is 0. The number of aromatic nitrogens is 2. The van der Waals surface area contributed by atoms with Crippen molar-refractivity contribution in [2.45, 2.75) is 0 Å². The second kappa shape index (κ2) is 5.17. The third-order valence-electron chi connectivity index (χ3n) is 4.48. The Morgan fingerprint density at radius 1 is 0.864 bits per heavy atom. The number of nitrogens with two attached hydrogens (primary N) is 1. The Balaban J connectivity index is 2.20. The predicted octanol–water partition coefficient (Wildman–Crippen LogP) is -0.429. The Hall–Kier alpha value is -2.28. The van der Waals surface area contributed by atoms with E-state index in [-0.39, 0.29) is 0 Å². The van der Waals surface area contributed by atoms with Crippen LogP contribution in [0.3, 0.4) is 0 Å². The monoisotopic (exact) mass is 303 g/mol. The van der Waals surface area contributed by atoms with Gasteiger partial charge in [-0.2, -0.15) is 0 Å². The third-order valence-corrected chi connectivity index (χ3v) is 4.48. The van der Waals surface area contributed by atoms with Gasteiger partial charge in [-0.1, -0.05) is 0 Å². The van der Waals surface area contributed by atoms with Crippen molar-refractivity contribution < 1.29 is 0 Å². The third kappa shape index (κ3) is 2.18. The van der Waals surface area contributed by atoms with Crippen LogP contribution in [0, 0.1) is 0 Å². The van der Waals surface area contributed by atoms with Gasteiger partial charge in [-0.05, 0) is 19.2 Å². The van der Waals surface area contributed by atoms with Crippen LogP contribution in [-0.2, 0) is 14.1 Å². The minimum Gasteiger partial charge on any atom is -0.397 e. The number of fused-ring (bicyclic) bond motifs is 1. The number of nitrogen functional groups attached to an aromatic ring is 1. The zero-order valence-corrected chi connectivity index (χ0v) is 13.2. The first kappa shape index (κ1) is 14.6. The molecule has 0 unspecified atom stereocenters. The fraction of sp³-hybridized carbons (Fsp3) is 0.467. The number of hydrogen-bond donors (Lipinski definition) is 1. The van der Waals surface area contributed by atoms with Gasteiger partial charge in [0.05, 0.1) is 22.4 Å². The zero-order chi connectivity index (χ0) is 16.0. The molecule has 2 N–H and O–H groups in total. The van der Waals surface area contributed by atoms with E-state index in [1.54, 1.807) is 20.2 Å². The molecule has 1 aromatic heterocycles. The molecule has 22 heavy (non-hydrogen) atoms. The molecule has 0 bridgehead atoms. The lowest BCUT2D eigenvalue weighted by molar-refractivity contribution is 0.313. The van der Waals surface area contributed by atoms with Crippen LogP contribution in [0.25, 0.3) is 11.0 Å². The van der Waals surface area contributed by atoms with Crippen LogP contribution in [0.1, 0.15) is 0 Å². The van der Waals surface area contributed by atoms with E-state index in [4.69, 9.17) is 5.73 Å². The van der Waals surface area contributed by atoms with Crippen molar-refractivity contribution in [2.24, 2.45) is 14.1 Å². The standard InChI is InChI=1S/C15H21N5O2/c1-17-4-6-20(7-5-17)11-9-13-12(8-10(11)16)18(2)14(21)15(22)19(13)3/h8-9H,4-7,16H2,1-3H3. The Morgan fingerprint density at radius 2 is 1.36 bits per heavy atom. The first-order valence-corrected chi connectivity index (χ1v) is 7.33. The molecular formula is C15H21N5O2. The maximum atomic E-state index is 12.0. The Labute approximate surface area is 128 Å². The van der Waals surface area contributed by atoms with E-state index in [2.05, 4.69) is 16.8 Å². The van der Waals surface area contributed by atoms with Crippen LogP contribution < -0.4 is 21.8 Å². The molecular weight excluding hydrogens is 282 g/mol. The minimum atomic E-state index is -0.540. The summed E-state index contributed by atoms with van der Waals surface area (Å²) in [6.07, 6.45) is 0. The SMILES string of the molecule is CN1CCN(c2cc3c(cc2N)n(C)c(=O)c(=O)n3C)CC1. The number of aryl methyl sites for hydroxylation is 2. The average molecular weight is 303 g/mol. The number of nitrogens with zero attached hydrogens (tertiary/aromatic N) is 4. The highest BCUT2D eigenvalue weighted by atomic mass is 16.2. The van der Waals surface area contributed by atoms with Gasteiger partial charge in [0.15, 0.2) is 0 Å². The van der Waals surface area contributed by atoms with Gasteiger partial charge < -0.3 is 24.7 Å². The molecule has 118 valence electrons. The van der Waals surface area contributed by atoms with E-state index in [1.165, 1.54) is 9.13 Å². The molecule has 7 heteroatoms. The highest BCUT2D eigenvalue weighted by Crippen LogP contribution is 2.28. The van der Waals surface area contributed by atoms with Crippen molar-refractivity contribution >= 4 is 22.4 Å². The summed E-state index contributed by atoms with van der Waals surface area (Å²) >= 11 is 0. The fourth-order valence-electron chi connectivity index (χ4n) is 2.95. The maximum Gasteiger partial charge on any atom is 0.316 e. The predicted molar refractivity (Wildman–Crippen MR) is 88.6 cm³/mol. The molecule has 2 aromatic rings. The smallest absolute Gasteiger partial charge is 0.316 e. The molecule has 1 aliphatic rings. The van der Waals surface area contributed by atoms with Gasteiger partial charge in [0.1, 0.15) is 0 Å². The zero-order valence-electron chi connectivity index (χ0n) is 13.2. The van der Waals surface area contributed by atoms with Crippen LogP contribution >= 0.6 is 0 Å².